The second kappa shape index (κ2) is 5.65. The zero-order chi connectivity index (χ0) is 13.8. The molecule has 6 heteroatoms. The fourth-order valence-corrected chi connectivity index (χ4v) is 2.74. The van der Waals surface area contributed by atoms with Crippen LogP contribution >= 0.6 is 0 Å². The Bertz CT molecular complexity index is 570. The van der Waals surface area contributed by atoms with Crippen molar-refractivity contribution >= 4 is 15.9 Å². The van der Waals surface area contributed by atoms with E-state index in [4.69, 9.17) is 5.26 Å². The molecular formula is C12H14N2O3S. The predicted molar refractivity (Wildman–Crippen MR) is 66.0 cm³/mol. The molecule has 1 amide bonds. The maximum Gasteiger partial charge on any atom is 0.267 e. The minimum Gasteiger partial charge on any atom is -0.274 e. The number of hydrogen-bond acceptors (Lipinski definition) is 4. The van der Waals surface area contributed by atoms with Gasteiger partial charge in [-0.2, -0.15) is 5.26 Å². The van der Waals surface area contributed by atoms with E-state index >= 15 is 0 Å². The summed E-state index contributed by atoms with van der Waals surface area (Å²) in [5.41, 5.74) is 0.919. The number of nitriles is 1. The highest BCUT2D eigenvalue weighted by Crippen LogP contribution is 2.16. The molecule has 0 atom stereocenters. The predicted octanol–water partition coefficient (Wildman–Crippen LogP) is 1.45. The summed E-state index contributed by atoms with van der Waals surface area (Å²) in [6, 6.07) is 7.85. The van der Waals surface area contributed by atoms with Crippen LogP contribution in [0.5, 0.6) is 0 Å². The molecule has 1 rings (SSSR count). The minimum atomic E-state index is -3.93. The molecule has 0 aliphatic heterocycles. The summed E-state index contributed by atoms with van der Waals surface area (Å²) in [4.78, 5) is 11.6. The molecule has 1 aromatic carbocycles. The first-order chi connectivity index (χ1) is 8.43. The number of hydrogen-bond donors (Lipinski definition) is 0. The summed E-state index contributed by atoms with van der Waals surface area (Å²) in [7, 11) is -3.93. The first kappa shape index (κ1) is 14.2. The molecule has 0 saturated heterocycles. The third-order valence-electron chi connectivity index (χ3n) is 2.40. The molecule has 96 valence electrons. The molecule has 1 aromatic rings. The Hall–Kier alpha value is -1.87. The van der Waals surface area contributed by atoms with E-state index in [1.807, 2.05) is 6.92 Å². The molecule has 0 unspecified atom stereocenters. The second-order valence-electron chi connectivity index (χ2n) is 3.73. The number of carbonyl (C=O) groups is 1. The van der Waals surface area contributed by atoms with Crippen molar-refractivity contribution in [3.8, 4) is 6.07 Å². The largest absolute Gasteiger partial charge is 0.274 e. The van der Waals surface area contributed by atoms with E-state index in [1.165, 1.54) is 12.1 Å². The number of benzene rings is 1. The molecular weight excluding hydrogens is 252 g/mol. The van der Waals surface area contributed by atoms with E-state index in [2.05, 4.69) is 0 Å². The Morgan fingerprint density at radius 1 is 1.33 bits per heavy atom. The molecule has 0 heterocycles. The van der Waals surface area contributed by atoms with Crippen LogP contribution < -0.4 is 0 Å². The molecule has 5 nitrogen and oxygen atoms in total. The quantitative estimate of drug-likeness (QED) is 0.773. The SMILES string of the molecule is CCC(=O)N(CC#N)S(=O)(=O)c1ccc(C)cc1. The van der Waals surface area contributed by atoms with Gasteiger partial charge in [0.1, 0.15) is 6.54 Å². The van der Waals surface area contributed by atoms with Crippen LogP contribution in [0.4, 0.5) is 0 Å². The van der Waals surface area contributed by atoms with Gasteiger partial charge >= 0.3 is 0 Å². The van der Waals surface area contributed by atoms with Gasteiger partial charge in [0.25, 0.3) is 10.0 Å². The Morgan fingerprint density at radius 2 is 1.89 bits per heavy atom. The van der Waals surface area contributed by atoms with Crippen LogP contribution in [0.3, 0.4) is 0 Å². The third-order valence-corrected chi connectivity index (χ3v) is 4.18. The zero-order valence-corrected chi connectivity index (χ0v) is 11.1. The molecule has 18 heavy (non-hydrogen) atoms. The summed E-state index contributed by atoms with van der Waals surface area (Å²) >= 11 is 0. The van der Waals surface area contributed by atoms with Crippen LogP contribution in [-0.2, 0) is 14.8 Å². The first-order valence-electron chi connectivity index (χ1n) is 5.42. The van der Waals surface area contributed by atoms with Gasteiger partial charge in [-0.15, -0.1) is 0 Å². The minimum absolute atomic E-state index is 0.0187. The van der Waals surface area contributed by atoms with Crippen molar-refractivity contribution in [3.63, 3.8) is 0 Å². The summed E-state index contributed by atoms with van der Waals surface area (Å²) < 4.78 is 25.0. The molecule has 0 aliphatic rings. The number of nitrogens with zero attached hydrogens (tertiary/aromatic N) is 2. The number of aryl methyl sites for hydroxylation is 1. The van der Waals surface area contributed by atoms with Crippen molar-refractivity contribution in [1.82, 2.24) is 4.31 Å². The second-order valence-corrected chi connectivity index (χ2v) is 5.59. The molecule has 0 aliphatic carbocycles. The van der Waals surface area contributed by atoms with Gasteiger partial charge in [-0.1, -0.05) is 24.6 Å². The van der Waals surface area contributed by atoms with Crippen LogP contribution in [0.1, 0.15) is 18.9 Å². The maximum absolute atomic E-state index is 12.2. The van der Waals surface area contributed by atoms with E-state index in [9.17, 15) is 13.2 Å². The summed E-state index contributed by atoms with van der Waals surface area (Å²) in [5, 5.41) is 8.63. The lowest BCUT2D eigenvalue weighted by Crippen LogP contribution is -2.36. The fourth-order valence-electron chi connectivity index (χ4n) is 1.39. The normalized spacial score (nSPS) is 10.7. The van der Waals surface area contributed by atoms with Gasteiger partial charge in [0.2, 0.25) is 5.91 Å². The molecule has 0 aromatic heterocycles. The van der Waals surface area contributed by atoms with Gasteiger partial charge in [-0.3, -0.25) is 4.79 Å². The average Bonchev–Trinajstić information content (AvgIpc) is 2.35. The van der Waals surface area contributed by atoms with Crippen LogP contribution in [0, 0.1) is 18.3 Å². The number of carbonyl (C=O) groups excluding carboxylic acids is 1. The maximum atomic E-state index is 12.2. The molecule has 0 saturated carbocycles. The Labute approximate surface area is 107 Å². The smallest absolute Gasteiger partial charge is 0.267 e. The molecule has 0 N–H and O–H groups in total. The standard InChI is InChI=1S/C12H14N2O3S/c1-3-12(15)14(9-8-13)18(16,17)11-6-4-10(2)5-7-11/h4-7H,3,9H2,1-2H3. The lowest BCUT2D eigenvalue weighted by atomic mass is 10.2. The van der Waals surface area contributed by atoms with Gasteiger partial charge in [0.05, 0.1) is 11.0 Å². The molecule has 0 fully saturated rings. The van der Waals surface area contributed by atoms with Gasteiger partial charge in [0.15, 0.2) is 0 Å². The van der Waals surface area contributed by atoms with E-state index in [1.54, 1.807) is 25.1 Å². The van der Waals surface area contributed by atoms with Crippen molar-refractivity contribution in [2.75, 3.05) is 6.54 Å². The highest BCUT2D eigenvalue weighted by molar-refractivity contribution is 7.89. The van der Waals surface area contributed by atoms with Gasteiger partial charge < -0.3 is 0 Å². The van der Waals surface area contributed by atoms with E-state index in [-0.39, 0.29) is 11.3 Å². The van der Waals surface area contributed by atoms with Crippen LogP contribution in [0.25, 0.3) is 0 Å². The fraction of sp³-hybridized carbons (Fsp3) is 0.333. The molecule has 0 radical (unpaired) electrons. The zero-order valence-electron chi connectivity index (χ0n) is 10.3. The highest BCUT2D eigenvalue weighted by atomic mass is 32.2. The van der Waals surface area contributed by atoms with Crippen molar-refractivity contribution in [2.24, 2.45) is 0 Å². The first-order valence-corrected chi connectivity index (χ1v) is 6.86. The van der Waals surface area contributed by atoms with Crippen molar-refractivity contribution in [2.45, 2.75) is 25.2 Å². The monoisotopic (exact) mass is 266 g/mol. The molecule has 0 bridgehead atoms. The number of rotatable bonds is 4. The Kier molecular flexibility index (Phi) is 4.45. The van der Waals surface area contributed by atoms with Crippen molar-refractivity contribution in [1.29, 1.82) is 5.26 Å². The van der Waals surface area contributed by atoms with Gasteiger partial charge in [-0.25, -0.2) is 12.7 Å². The van der Waals surface area contributed by atoms with E-state index in [0.29, 0.717) is 4.31 Å². The lowest BCUT2D eigenvalue weighted by molar-refractivity contribution is -0.125. The van der Waals surface area contributed by atoms with Crippen LogP contribution in [0.15, 0.2) is 29.2 Å². The Balaban J connectivity index is 3.21. The average molecular weight is 266 g/mol. The van der Waals surface area contributed by atoms with Gasteiger partial charge in [0, 0.05) is 6.42 Å². The van der Waals surface area contributed by atoms with Crippen molar-refractivity contribution in [3.05, 3.63) is 29.8 Å². The lowest BCUT2D eigenvalue weighted by Gasteiger charge is -2.18. The number of sulfonamides is 1. The molecule has 0 spiro atoms. The summed E-state index contributed by atoms with van der Waals surface area (Å²) in [5.74, 6) is -0.586. The third kappa shape index (κ3) is 2.87. The topological polar surface area (TPSA) is 78.2 Å². The number of amides is 1. The summed E-state index contributed by atoms with van der Waals surface area (Å²) in [6.45, 7) is 2.92. The summed E-state index contributed by atoms with van der Waals surface area (Å²) in [6.07, 6.45) is 0.0345. The van der Waals surface area contributed by atoms with Crippen LogP contribution in [0.2, 0.25) is 0 Å². The van der Waals surface area contributed by atoms with E-state index in [0.717, 1.165) is 5.56 Å². The van der Waals surface area contributed by atoms with Crippen molar-refractivity contribution < 1.29 is 13.2 Å². The van der Waals surface area contributed by atoms with Gasteiger partial charge in [-0.05, 0) is 19.1 Å². The van der Waals surface area contributed by atoms with Crippen LogP contribution in [-0.4, -0.2) is 25.2 Å². The van der Waals surface area contributed by atoms with E-state index < -0.39 is 22.5 Å². The Morgan fingerprint density at radius 3 is 2.33 bits per heavy atom. The highest BCUT2D eigenvalue weighted by Gasteiger charge is 2.27.